The van der Waals surface area contributed by atoms with Crippen molar-refractivity contribution < 1.29 is 29.5 Å². The monoisotopic (exact) mass is 286 g/mol. The lowest BCUT2D eigenvalue weighted by Crippen LogP contribution is -2.09. The van der Waals surface area contributed by atoms with Crippen LogP contribution in [0, 0.1) is 0 Å². The van der Waals surface area contributed by atoms with Crippen LogP contribution in [-0.2, 0) is 22.7 Å². The van der Waals surface area contributed by atoms with Gasteiger partial charge in [-0.05, 0) is 23.3 Å². The molecule has 0 radical (unpaired) electrons. The van der Waals surface area contributed by atoms with E-state index in [0.717, 1.165) is 11.1 Å². The van der Waals surface area contributed by atoms with Crippen LogP contribution in [0.25, 0.3) is 0 Å². The largest absolute Gasteiger partial charge is 0.491 e. The van der Waals surface area contributed by atoms with Gasteiger partial charge in [0.05, 0.1) is 46.2 Å². The third kappa shape index (κ3) is 6.31. The third-order valence-electron chi connectivity index (χ3n) is 2.57. The van der Waals surface area contributed by atoms with E-state index in [1.807, 2.05) is 0 Å². The predicted molar refractivity (Wildman–Crippen MR) is 72.5 cm³/mol. The minimum absolute atomic E-state index is 0.00244. The van der Waals surface area contributed by atoms with Crippen molar-refractivity contribution in [3.8, 4) is 5.75 Å². The number of aliphatic hydroxyl groups excluding tert-OH is 3. The second-order valence-corrected chi connectivity index (χ2v) is 4.05. The van der Waals surface area contributed by atoms with E-state index in [-0.39, 0.29) is 26.4 Å². The SMILES string of the molecule is OCCOCCOc1ccc(CO)c(COCCO)c1. The standard InChI is InChI=1S/C14H22O6/c15-3-5-18-7-8-20-14-2-1-12(10-17)13(9-14)11-19-6-4-16/h1-2,9,15-17H,3-8,10-11H2. The van der Waals surface area contributed by atoms with Gasteiger partial charge in [0.15, 0.2) is 0 Å². The first-order valence-corrected chi connectivity index (χ1v) is 6.54. The van der Waals surface area contributed by atoms with Crippen LogP contribution < -0.4 is 4.74 Å². The van der Waals surface area contributed by atoms with E-state index in [9.17, 15) is 5.11 Å². The van der Waals surface area contributed by atoms with E-state index >= 15 is 0 Å². The maximum Gasteiger partial charge on any atom is 0.119 e. The molecule has 0 unspecified atom stereocenters. The first kappa shape index (κ1) is 16.9. The lowest BCUT2D eigenvalue weighted by atomic mass is 10.1. The molecule has 6 nitrogen and oxygen atoms in total. The molecular formula is C14H22O6. The van der Waals surface area contributed by atoms with E-state index in [1.165, 1.54) is 0 Å². The van der Waals surface area contributed by atoms with Crippen molar-refractivity contribution in [2.75, 3.05) is 39.6 Å². The molecule has 0 bridgehead atoms. The van der Waals surface area contributed by atoms with Crippen LogP contribution in [-0.4, -0.2) is 55.0 Å². The van der Waals surface area contributed by atoms with Crippen LogP contribution >= 0.6 is 0 Å². The van der Waals surface area contributed by atoms with Crippen molar-refractivity contribution in [3.63, 3.8) is 0 Å². The molecule has 0 fully saturated rings. The molecule has 0 spiro atoms. The van der Waals surface area contributed by atoms with E-state index < -0.39 is 0 Å². The summed E-state index contributed by atoms with van der Waals surface area (Å²) < 4.78 is 15.9. The fourth-order valence-electron chi connectivity index (χ4n) is 1.61. The van der Waals surface area contributed by atoms with Gasteiger partial charge in [0.2, 0.25) is 0 Å². The summed E-state index contributed by atoms with van der Waals surface area (Å²) in [5.74, 6) is 0.664. The molecule has 6 heteroatoms. The van der Waals surface area contributed by atoms with Crippen LogP contribution in [0.2, 0.25) is 0 Å². The maximum atomic E-state index is 9.25. The van der Waals surface area contributed by atoms with Crippen molar-refractivity contribution in [2.24, 2.45) is 0 Å². The highest BCUT2D eigenvalue weighted by Gasteiger charge is 2.05. The zero-order valence-electron chi connectivity index (χ0n) is 11.5. The van der Waals surface area contributed by atoms with Gasteiger partial charge in [0.1, 0.15) is 12.4 Å². The van der Waals surface area contributed by atoms with Gasteiger partial charge in [0, 0.05) is 0 Å². The average Bonchev–Trinajstić information content (AvgIpc) is 2.47. The lowest BCUT2D eigenvalue weighted by molar-refractivity contribution is 0.0700. The minimum Gasteiger partial charge on any atom is -0.491 e. The number of aliphatic hydroxyl groups is 3. The van der Waals surface area contributed by atoms with Gasteiger partial charge in [-0.1, -0.05) is 6.07 Å². The van der Waals surface area contributed by atoms with E-state index in [0.29, 0.717) is 32.2 Å². The number of benzene rings is 1. The van der Waals surface area contributed by atoms with Crippen LogP contribution in [0.15, 0.2) is 18.2 Å². The van der Waals surface area contributed by atoms with Crippen LogP contribution in [0.4, 0.5) is 0 Å². The Morgan fingerprint density at radius 2 is 1.55 bits per heavy atom. The number of hydrogen-bond acceptors (Lipinski definition) is 6. The Morgan fingerprint density at radius 1 is 0.800 bits per heavy atom. The quantitative estimate of drug-likeness (QED) is 0.499. The number of rotatable bonds is 11. The van der Waals surface area contributed by atoms with E-state index in [1.54, 1.807) is 18.2 Å². The van der Waals surface area contributed by atoms with Crippen molar-refractivity contribution >= 4 is 0 Å². The second kappa shape index (κ2) is 10.6. The maximum absolute atomic E-state index is 9.25. The highest BCUT2D eigenvalue weighted by Crippen LogP contribution is 2.19. The lowest BCUT2D eigenvalue weighted by Gasteiger charge is -2.12. The molecule has 3 N–H and O–H groups in total. The summed E-state index contributed by atoms with van der Waals surface area (Å²) in [6.07, 6.45) is 0. The first-order valence-electron chi connectivity index (χ1n) is 6.54. The van der Waals surface area contributed by atoms with E-state index in [4.69, 9.17) is 24.4 Å². The normalized spacial score (nSPS) is 10.8. The average molecular weight is 286 g/mol. The minimum atomic E-state index is -0.0717. The zero-order valence-corrected chi connectivity index (χ0v) is 11.5. The summed E-state index contributed by atoms with van der Waals surface area (Å²) in [4.78, 5) is 0. The Balaban J connectivity index is 2.48. The molecule has 20 heavy (non-hydrogen) atoms. The second-order valence-electron chi connectivity index (χ2n) is 4.05. The van der Waals surface area contributed by atoms with Crippen LogP contribution in [0.3, 0.4) is 0 Å². The first-order chi connectivity index (χ1) is 9.81. The molecule has 1 aromatic rings. The fraction of sp³-hybridized carbons (Fsp3) is 0.571. The van der Waals surface area contributed by atoms with Crippen molar-refractivity contribution in [1.82, 2.24) is 0 Å². The molecule has 0 amide bonds. The van der Waals surface area contributed by atoms with Gasteiger partial charge in [0.25, 0.3) is 0 Å². The number of ether oxygens (including phenoxy) is 3. The van der Waals surface area contributed by atoms with Gasteiger partial charge in [-0.3, -0.25) is 0 Å². The third-order valence-corrected chi connectivity index (χ3v) is 2.57. The van der Waals surface area contributed by atoms with Gasteiger partial charge in [-0.2, -0.15) is 0 Å². The number of hydrogen-bond donors (Lipinski definition) is 3. The highest BCUT2D eigenvalue weighted by molar-refractivity contribution is 5.35. The van der Waals surface area contributed by atoms with Crippen molar-refractivity contribution in [1.29, 1.82) is 0 Å². The Hall–Kier alpha value is -1.18. The fourth-order valence-corrected chi connectivity index (χ4v) is 1.61. The molecule has 1 rings (SSSR count). The van der Waals surface area contributed by atoms with Crippen molar-refractivity contribution in [3.05, 3.63) is 29.3 Å². The summed E-state index contributed by atoms with van der Waals surface area (Å²) in [7, 11) is 0. The van der Waals surface area contributed by atoms with Crippen LogP contribution in [0.1, 0.15) is 11.1 Å². The summed E-state index contributed by atoms with van der Waals surface area (Å²) in [6.45, 7) is 1.54. The molecule has 0 atom stereocenters. The molecule has 114 valence electrons. The van der Waals surface area contributed by atoms with Gasteiger partial charge >= 0.3 is 0 Å². The predicted octanol–water partition coefficient (Wildman–Crippen LogP) is 0.0755. The Labute approximate surface area is 118 Å². The summed E-state index contributed by atoms with van der Waals surface area (Å²) in [5.41, 5.74) is 1.60. The van der Waals surface area contributed by atoms with Gasteiger partial charge < -0.3 is 29.5 Å². The summed E-state index contributed by atoms with van der Waals surface area (Å²) in [5, 5.41) is 26.5. The molecule has 0 aliphatic rings. The van der Waals surface area contributed by atoms with Gasteiger partial charge in [-0.15, -0.1) is 0 Å². The Kier molecular flexibility index (Phi) is 8.93. The van der Waals surface area contributed by atoms with Crippen LogP contribution in [0.5, 0.6) is 5.75 Å². The molecule has 0 heterocycles. The molecule has 0 aliphatic carbocycles. The zero-order chi connectivity index (χ0) is 14.6. The highest BCUT2D eigenvalue weighted by atomic mass is 16.5. The molecule has 0 saturated carbocycles. The summed E-state index contributed by atoms with van der Waals surface area (Å²) in [6, 6.07) is 5.35. The summed E-state index contributed by atoms with van der Waals surface area (Å²) >= 11 is 0. The van der Waals surface area contributed by atoms with Crippen molar-refractivity contribution in [2.45, 2.75) is 13.2 Å². The molecule has 1 aromatic carbocycles. The molecule has 0 saturated heterocycles. The van der Waals surface area contributed by atoms with E-state index in [2.05, 4.69) is 0 Å². The smallest absolute Gasteiger partial charge is 0.119 e. The molecule has 0 aromatic heterocycles. The Bertz CT molecular complexity index is 369. The van der Waals surface area contributed by atoms with Gasteiger partial charge in [-0.25, -0.2) is 0 Å². The molecule has 0 aliphatic heterocycles. The Morgan fingerprint density at radius 3 is 2.25 bits per heavy atom. The molecular weight excluding hydrogens is 264 g/mol. The topological polar surface area (TPSA) is 88.4 Å².